The van der Waals surface area contributed by atoms with E-state index in [2.05, 4.69) is 0 Å². The number of aromatic carboxylic acids is 1. The van der Waals surface area contributed by atoms with Crippen LogP contribution in [0.5, 0.6) is 0 Å². The molecule has 0 saturated carbocycles. The summed E-state index contributed by atoms with van der Waals surface area (Å²) >= 11 is 5.90. The number of hydrogen-bond acceptors (Lipinski definition) is 3. The van der Waals surface area contributed by atoms with Crippen molar-refractivity contribution in [2.45, 2.75) is 18.2 Å². The molecule has 1 atom stereocenters. The fourth-order valence-corrected chi connectivity index (χ4v) is 4.16. The Balaban J connectivity index is 2.45. The number of carbonyl (C=O) groups is 1. The summed E-state index contributed by atoms with van der Waals surface area (Å²) < 4.78 is 26.2. The SMILES string of the molecule is CC1CCN(S(=O)(=O)c2cc(C(=O)O)ccc2Cl)C1. The normalized spacial score (nSPS) is 20.6. The Morgan fingerprint density at radius 1 is 1.47 bits per heavy atom. The molecule has 7 heteroatoms. The van der Waals surface area contributed by atoms with Crippen molar-refractivity contribution in [3.05, 3.63) is 28.8 Å². The van der Waals surface area contributed by atoms with E-state index in [4.69, 9.17) is 16.7 Å². The molecule has 19 heavy (non-hydrogen) atoms. The highest BCUT2D eigenvalue weighted by Gasteiger charge is 2.32. The van der Waals surface area contributed by atoms with Crippen LogP contribution in [-0.2, 0) is 10.0 Å². The Hall–Kier alpha value is -1.11. The van der Waals surface area contributed by atoms with Gasteiger partial charge in [-0.1, -0.05) is 18.5 Å². The van der Waals surface area contributed by atoms with Crippen LogP contribution in [0.2, 0.25) is 5.02 Å². The highest BCUT2D eigenvalue weighted by atomic mass is 35.5. The second-order valence-corrected chi connectivity index (χ2v) is 7.02. The summed E-state index contributed by atoms with van der Waals surface area (Å²) in [7, 11) is -3.72. The lowest BCUT2D eigenvalue weighted by Gasteiger charge is -2.17. The van der Waals surface area contributed by atoms with E-state index in [1.807, 2.05) is 6.92 Å². The van der Waals surface area contributed by atoms with Crippen LogP contribution in [-0.4, -0.2) is 36.9 Å². The molecule has 1 saturated heterocycles. The van der Waals surface area contributed by atoms with Gasteiger partial charge in [0.05, 0.1) is 10.6 Å². The lowest BCUT2D eigenvalue weighted by molar-refractivity contribution is 0.0696. The molecule has 1 aromatic rings. The Kier molecular flexibility index (Phi) is 3.85. The molecule has 104 valence electrons. The van der Waals surface area contributed by atoms with Crippen LogP contribution in [0.25, 0.3) is 0 Å². The van der Waals surface area contributed by atoms with E-state index >= 15 is 0 Å². The van der Waals surface area contributed by atoms with E-state index in [0.717, 1.165) is 12.5 Å². The molecule has 1 aliphatic heterocycles. The van der Waals surface area contributed by atoms with Gasteiger partial charge in [0.1, 0.15) is 4.90 Å². The van der Waals surface area contributed by atoms with Gasteiger partial charge < -0.3 is 5.11 Å². The average Bonchev–Trinajstić information content (AvgIpc) is 2.76. The first kappa shape index (κ1) is 14.3. The Bertz CT molecular complexity index is 614. The second-order valence-electron chi connectivity index (χ2n) is 4.71. The van der Waals surface area contributed by atoms with Crippen LogP contribution in [0.15, 0.2) is 23.1 Å². The minimum Gasteiger partial charge on any atom is -0.478 e. The van der Waals surface area contributed by atoms with Crippen LogP contribution in [0.4, 0.5) is 0 Å². The number of nitrogens with zero attached hydrogens (tertiary/aromatic N) is 1. The van der Waals surface area contributed by atoms with E-state index in [-0.39, 0.29) is 15.5 Å². The zero-order valence-corrected chi connectivity index (χ0v) is 11.9. The van der Waals surface area contributed by atoms with Gasteiger partial charge in [-0.25, -0.2) is 13.2 Å². The second kappa shape index (κ2) is 5.11. The molecule has 1 unspecified atom stereocenters. The van der Waals surface area contributed by atoms with Gasteiger partial charge in [-0.15, -0.1) is 0 Å². The fourth-order valence-electron chi connectivity index (χ4n) is 2.09. The van der Waals surface area contributed by atoms with Crippen molar-refractivity contribution in [3.63, 3.8) is 0 Å². The quantitative estimate of drug-likeness (QED) is 0.927. The van der Waals surface area contributed by atoms with Crippen LogP contribution in [0.3, 0.4) is 0 Å². The number of hydrogen-bond donors (Lipinski definition) is 1. The van der Waals surface area contributed by atoms with Gasteiger partial charge in [-0.05, 0) is 30.5 Å². The standard InChI is InChI=1S/C12H14ClNO4S/c1-8-4-5-14(7-8)19(17,18)11-6-9(12(15)16)2-3-10(11)13/h2-3,6,8H,4-5,7H2,1H3,(H,15,16). The number of carboxylic acids is 1. The summed E-state index contributed by atoms with van der Waals surface area (Å²) in [6.07, 6.45) is 0.801. The molecule has 0 radical (unpaired) electrons. The first-order valence-electron chi connectivity index (χ1n) is 5.85. The Morgan fingerprint density at radius 2 is 2.16 bits per heavy atom. The van der Waals surface area contributed by atoms with E-state index < -0.39 is 16.0 Å². The summed E-state index contributed by atoms with van der Waals surface area (Å²) in [6.45, 7) is 2.86. The maximum atomic E-state index is 12.4. The lowest BCUT2D eigenvalue weighted by Crippen LogP contribution is -2.29. The van der Waals surface area contributed by atoms with E-state index in [0.29, 0.717) is 19.0 Å². The molecule has 1 aromatic carbocycles. The summed E-state index contributed by atoms with van der Waals surface area (Å²) in [4.78, 5) is 10.8. The Morgan fingerprint density at radius 3 is 2.68 bits per heavy atom. The van der Waals surface area contributed by atoms with Crippen molar-refractivity contribution in [1.82, 2.24) is 4.31 Å². The first-order chi connectivity index (χ1) is 8.82. The van der Waals surface area contributed by atoms with Gasteiger partial charge in [-0.3, -0.25) is 0 Å². The van der Waals surface area contributed by atoms with E-state index in [1.54, 1.807) is 0 Å². The molecule has 0 amide bonds. The fraction of sp³-hybridized carbons (Fsp3) is 0.417. The number of rotatable bonds is 3. The van der Waals surface area contributed by atoms with Crippen LogP contribution < -0.4 is 0 Å². The molecule has 5 nitrogen and oxygen atoms in total. The zero-order valence-electron chi connectivity index (χ0n) is 10.3. The molecule has 1 fully saturated rings. The zero-order chi connectivity index (χ0) is 14.2. The number of carboxylic acid groups (broad SMARTS) is 1. The van der Waals surface area contributed by atoms with Crippen molar-refractivity contribution >= 4 is 27.6 Å². The van der Waals surface area contributed by atoms with Gasteiger partial charge in [0, 0.05) is 13.1 Å². The molecule has 0 aromatic heterocycles. The lowest BCUT2D eigenvalue weighted by atomic mass is 10.2. The summed E-state index contributed by atoms with van der Waals surface area (Å²) in [6, 6.07) is 3.71. The molecule has 0 aliphatic carbocycles. The minimum absolute atomic E-state index is 0.0459. The molecular formula is C12H14ClNO4S. The number of halogens is 1. The summed E-state index contributed by atoms with van der Waals surface area (Å²) in [5.41, 5.74) is -0.0878. The number of sulfonamides is 1. The molecule has 0 spiro atoms. The minimum atomic E-state index is -3.72. The molecule has 1 heterocycles. The van der Waals surface area contributed by atoms with Crippen molar-refractivity contribution < 1.29 is 18.3 Å². The van der Waals surface area contributed by atoms with Gasteiger partial charge in [0.25, 0.3) is 0 Å². The van der Waals surface area contributed by atoms with Gasteiger partial charge in [-0.2, -0.15) is 4.31 Å². The largest absolute Gasteiger partial charge is 0.478 e. The van der Waals surface area contributed by atoms with Crippen molar-refractivity contribution in [2.75, 3.05) is 13.1 Å². The third kappa shape index (κ3) is 2.75. The van der Waals surface area contributed by atoms with Crippen molar-refractivity contribution in [2.24, 2.45) is 5.92 Å². The highest BCUT2D eigenvalue weighted by Crippen LogP contribution is 2.29. The smallest absolute Gasteiger partial charge is 0.335 e. The third-order valence-corrected chi connectivity index (χ3v) is 5.53. The van der Waals surface area contributed by atoms with Gasteiger partial charge in [0.2, 0.25) is 10.0 Å². The number of benzene rings is 1. The first-order valence-corrected chi connectivity index (χ1v) is 7.67. The predicted molar refractivity (Wildman–Crippen MR) is 71.0 cm³/mol. The third-order valence-electron chi connectivity index (χ3n) is 3.18. The van der Waals surface area contributed by atoms with Gasteiger partial charge in [0.15, 0.2) is 0 Å². The van der Waals surface area contributed by atoms with Crippen LogP contribution in [0.1, 0.15) is 23.7 Å². The highest BCUT2D eigenvalue weighted by molar-refractivity contribution is 7.89. The van der Waals surface area contributed by atoms with E-state index in [9.17, 15) is 13.2 Å². The molecule has 1 N–H and O–H groups in total. The topological polar surface area (TPSA) is 74.7 Å². The van der Waals surface area contributed by atoms with Crippen LogP contribution >= 0.6 is 11.6 Å². The van der Waals surface area contributed by atoms with Gasteiger partial charge >= 0.3 is 5.97 Å². The molecule has 1 aliphatic rings. The Labute approximate surface area is 116 Å². The summed E-state index contributed by atoms with van der Waals surface area (Å²) in [5.74, 6) is -0.876. The van der Waals surface area contributed by atoms with Crippen molar-refractivity contribution in [3.8, 4) is 0 Å². The molecular weight excluding hydrogens is 290 g/mol. The maximum Gasteiger partial charge on any atom is 0.335 e. The van der Waals surface area contributed by atoms with Crippen molar-refractivity contribution in [1.29, 1.82) is 0 Å². The maximum absolute atomic E-state index is 12.4. The molecule has 0 bridgehead atoms. The summed E-state index contributed by atoms with van der Waals surface area (Å²) in [5, 5.41) is 8.97. The monoisotopic (exact) mass is 303 g/mol. The van der Waals surface area contributed by atoms with Crippen LogP contribution in [0, 0.1) is 5.92 Å². The predicted octanol–water partition coefficient (Wildman–Crippen LogP) is 2.07. The molecule has 2 rings (SSSR count). The van der Waals surface area contributed by atoms with E-state index in [1.165, 1.54) is 16.4 Å². The average molecular weight is 304 g/mol.